The normalized spacial score (nSPS) is 16.5. The van der Waals surface area contributed by atoms with E-state index in [-0.39, 0.29) is 10.6 Å². The monoisotopic (exact) mass is 319 g/mol. The predicted molar refractivity (Wildman–Crippen MR) is 80.3 cm³/mol. The second kappa shape index (κ2) is 5.77. The van der Waals surface area contributed by atoms with Gasteiger partial charge in [-0.1, -0.05) is 11.6 Å². The quantitative estimate of drug-likeness (QED) is 0.813. The van der Waals surface area contributed by atoms with Gasteiger partial charge in [-0.2, -0.15) is 0 Å². The van der Waals surface area contributed by atoms with Crippen LogP contribution in [0.3, 0.4) is 0 Å². The summed E-state index contributed by atoms with van der Waals surface area (Å²) in [5.41, 5.74) is 1.51. The zero-order valence-electron chi connectivity index (χ0n) is 10.9. The van der Waals surface area contributed by atoms with E-state index in [9.17, 15) is 4.21 Å². The Labute approximate surface area is 124 Å². The molecule has 4 nitrogen and oxygen atoms in total. The molecule has 0 saturated carbocycles. The van der Waals surface area contributed by atoms with Crippen LogP contribution in [0.25, 0.3) is 11.0 Å². The number of aromatic nitrogens is 3. The zero-order chi connectivity index (χ0) is 14.2. The number of alkyl halides is 1. The van der Waals surface area contributed by atoms with E-state index >= 15 is 0 Å². The highest BCUT2D eigenvalue weighted by atomic mass is 35.5. The topological polar surface area (TPSA) is 47.8 Å². The molecule has 0 aliphatic rings. The molecule has 0 aromatic carbocycles. The zero-order valence-corrected chi connectivity index (χ0v) is 13.3. The van der Waals surface area contributed by atoms with Crippen LogP contribution in [0.15, 0.2) is 12.4 Å². The van der Waals surface area contributed by atoms with Crippen LogP contribution in [-0.4, -0.2) is 30.2 Å². The van der Waals surface area contributed by atoms with Crippen molar-refractivity contribution in [2.24, 2.45) is 0 Å². The summed E-state index contributed by atoms with van der Waals surface area (Å²) in [5.74, 6) is 0.726. The summed E-state index contributed by atoms with van der Waals surface area (Å²) in [6, 6.07) is 0. The molecule has 7 heteroatoms. The van der Waals surface area contributed by atoms with Crippen LogP contribution in [0.2, 0.25) is 5.02 Å². The minimum Gasteiger partial charge on any atom is -0.324 e. The van der Waals surface area contributed by atoms with Gasteiger partial charge in [0.2, 0.25) is 0 Å². The number of pyridine rings is 1. The van der Waals surface area contributed by atoms with E-state index in [0.29, 0.717) is 17.1 Å². The Hall–Kier alpha value is -0.650. The molecule has 0 amide bonds. The molecule has 0 aliphatic heterocycles. The summed E-state index contributed by atoms with van der Waals surface area (Å²) < 4.78 is 13.5. The fourth-order valence-electron chi connectivity index (χ4n) is 1.92. The Morgan fingerprint density at radius 3 is 2.68 bits per heavy atom. The van der Waals surface area contributed by atoms with Crippen molar-refractivity contribution < 1.29 is 4.21 Å². The van der Waals surface area contributed by atoms with Gasteiger partial charge in [0.15, 0.2) is 0 Å². The summed E-state index contributed by atoms with van der Waals surface area (Å²) in [7, 11) is -0.916. The van der Waals surface area contributed by atoms with E-state index in [0.717, 1.165) is 11.3 Å². The first kappa shape index (κ1) is 14.8. The molecular weight excluding hydrogens is 305 g/mol. The average Bonchev–Trinajstić information content (AvgIpc) is 2.69. The number of hydrogen-bond acceptors (Lipinski definition) is 3. The number of nitrogens with zero attached hydrogens (tertiary/aromatic N) is 3. The average molecular weight is 320 g/mol. The third-order valence-corrected chi connectivity index (χ3v) is 4.75. The van der Waals surface area contributed by atoms with Crippen LogP contribution in [0.4, 0.5) is 0 Å². The molecule has 0 saturated heterocycles. The highest BCUT2D eigenvalue weighted by molar-refractivity contribution is 7.84. The number of imidazole rings is 1. The Bertz CT molecular complexity index is 627. The molecule has 3 unspecified atom stereocenters. The third kappa shape index (κ3) is 2.93. The van der Waals surface area contributed by atoms with Gasteiger partial charge in [-0.05, 0) is 13.8 Å². The summed E-state index contributed by atoms with van der Waals surface area (Å²) in [4.78, 5) is 8.50. The number of halogens is 2. The molecule has 2 aromatic rings. The van der Waals surface area contributed by atoms with Gasteiger partial charge in [0.1, 0.15) is 11.3 Å². The minimum atomic E-state index is -0.916. The van der Waals surface area contributed by atoms with Gasteiger partial charge >= 0.3 is 0 Å². The summed E-state index contributed by atoms with van der Waals surface area (Å²) in [6.07, 6.45) is 4.93. The number of rotatable bonds is 4. The first-order valence-electron chi connectivity index (χ1n) is 5.87. The molecule has 104 valence electrons. The molecule has 0 bridgehead atoms. The van der Waals surface area contributed by atoms with Gasteiger partial charge < -0.3 is 4.57 Å². The van der Waals surface area contributed by atoms with Crippen LogP contribution >= 0.6 is 23.2 Å². The van der Waals surface area contributed by atoms with E-state index < -0.39 is 10.8 Å². The van der Waals surface area contributed by atoms with Gasteiger partial charge in [0.05, 0.1) is 22.1 Å². The molecular formula is C12H15Cl2N3OS. The lowest BCUT2D eigenvalue weighted by Crippen LogP contribution is -2.19. The second-order valence-corrected chi connectivity index (χ2v) is 7.36. The second-order valence-electron chi connectivity index (χ2n) is 4.49. The standard InChI is InChI=1S/C12H15Cl2N3OS/c1-7(19(3)18)6-17-11-9(14)4-15-5-10(11)16-12(17)8(2)13/h4-5,7-8H,6H2,1-3H3. The van der Waals surface area contributed by atoms with E-state index in [4.69, 9.17) is 23.2 Å². The van der Waals surface area contributed by atoms with Gasteiger partial charge in [-0.25, -0.2) is 4.98 Å². The maximum atomic E-state index is 11.6. The fraction of sp³-hybridized carbons (Fsp3) is 0.500. The third-order valence-electron chi connectivity index (χ3n) is 3.00. The molecule has 0 aliphatic carbocycles. The number of fused-ring (bicyclic) bond motifs is 1. The summed E-state index contributed by atoms with van der Waals surface area (Å²) in [5, 5.41) is 0.277. The van der Waals surface area contributed by atoms with Gasteiger partial charge in [-0.3, -0.25) is 9.19 Å². The van der Waals surface area contributed by atoms with Gasteiger partial charge in [0.25, 0.3) is 0 Å². The Morgan fingerprint density at radius 1 is 1.42 bits per heavy atom. The molecule has 0 radical (unpaired) electrons. The SMILES string of the molecule is CC(Cl)c1nc2cncc(Cl)c2n1CC(C)S(C)=O. The maximum Gasteiger partial charge on any atom is 0.127 e. The summed E-state index contributed by atoms with van der Waals surface area (Å²) >= 11 is 12.4. The van der Waals surface area contributed by atoms with E-state index in [2.05, 4.69) is 9.97 Å². The van der Waals surface area contributed by atoms with Crippen LogP contribution in [-0.2, 0) is 17.3 Å². The molecule has 0 spiro atoms. The van der Waals surface area contributed by atoms with E-state index in [1.807, 2.05) is 18.4 Å². The van der Waals surface area contributed by atoms with Crippen LogP contribution < -0.4 is 0 Å². The van der Waals surface area contributed by atoms with E-state index in [1.165, 1.54) is 0 Å². The lowest BCUT2D eigenvalue weighted by molar-refractivity contribution is 0.632. The lowest BCUT2D eigenvalue weighted by atomic mass is 10.3. The van der Waals surface area contributed by atoms with E-state index in [1.54, 1.807) is 18.6 Å². The van der Waals surface area contributed by atoms with Crippen LogP contribution in [0, 0.1) is 0 Å². The highest BCUT2D eigenvalue weighted by Gasteiger charge is 2.19. The van der Waals surface area contributed by atoms with Crippen molar-refractivity contribution in [3.8, 4) is 0 Å². The molecule has 2 aromatic heterocycles. The first-order chi connectivity index (χ1) is 8.91. The van der Waals surface area contributed by atoms with Crippen molar-refractivity contribution in [1.29, 1.82) is 0 Å². The molecule has 3 atom stereocenters. The maximum absolute atomic E-state index is 11.6. The summed E-state index contributed by atoms with van der Waals surface area (Å²) in [6.45, 7) is 4.35. The van der Waals surface area contributed by atoms with Crippen molar-refractivity contribution in [2.75, 3.05) is 6.26 Å². The van der Waals surface area contributed by atoms with Gasteiger partial charge in [-0.15, -0.1) is 11.6 Å². The number of hydrogen-bond donors (Lipinski definition) is 0. The Morgan fingerprint density at radius 2 is 2.11 bits per heavy atom. The minimum absolute atomic E-state index is 0.00389. The van der Waals surface area contributed by atoms with Crippen LogP contribution in [0.1, 0.15) is 25.0 Å². The van der Waals surface area contributed by atoms with Crippen LogP contribution in [0.5, 0.6) is 0 Å². The molecule has 2 rings (SSSR count). The largest absolute Gasteiger partial charge is 0.324 e. The highest BCUT2D eigenvalue weighted by Crippen LogP contribution is 2.29. The van der Waals surface area contributed by atoms with Crippen molar-refractivity contribution >= 4 is 45.0 Å². The van der Waals surface area contributed by atoms with Gasteiger partial charge in [0, 0.05) is 35.0 Å². The molecule has 2 heterocycles. The van der Waals surface area contributed by atoms with Crippen molar-refractivity contribution in [3.63, 3.8) is 0 Å². The fourth-order valence-corrected chi connectivity index (χ4v) is 2.70. The predicted octanol–water partition coefficient (Wildman–Crippen LogP) is 3.15. The molecule has 19 heavy (non-hydrogen) atoms. The Balaban J connectivity index is 2.61. The van der Waals surface area contributed by atoms with Crippen molar-refractivity contribution in [2.45, 2.75) is 31.0 Å². The molecule has 0 fully saturated rings. The first-order valence-corrected chi connectivity index (χ1v) is 8.31. The lowest BCUT2D eigenvalue weighted by Gasteiger charge is -2.14. The smallest absolute Gasteiger partial charge is 0.127 e. The Kier molecular flexibility index (Phi) is 4.48. The molecule has 0 N–H and O–H groups in total. The van der Waals surface area contributed by atoms with Crippen molar-refractivity contribution in [3.05, 3.63) is 23.2 Å². The van der Waals surface area contributed by atoms with Crippen molar-refractivity contribution in [1.82, 2.24) is 14.5 Å².